The standard InChI is InChI=1S/C23H28N4OS/c1-23(2,3)18-7-4-17(5-8-18)6-9-20(28)26-11-13-27(14-12-26)21-19-10-15-29-22(19)25-16-24-21/h4-5,7-8,10,15-16H,6,9,11-14H2,1-3H3. The van der Waals surface area contributed by atoms with E-state index in [0.717, 1.165) is 48.6 Å². The molecule has 0 unspecified atom stereocenters. The maximum Gasteiger partial charge on any atom is 0.223 e. The van der Waals surface area contributed by atoms with Crippen LogP contribution in [0.15, 0.2) is 42.0 Å². The number of aromatic nitrogens is 2. The number of piperazine rings is 1. The Morgan fingerprint density at radius 3 is 2.45 bits per heavy atom. The highest BCUT2D eigenvalue weighted by atomic mass is 32.1. The van der Waals surface area contributed by atoms with Crippen molar-refractivity contribution in [2.75, 3.05) is 31.1 Å². The molecule has 1 aliphatic rings. The summed E-state index contributed by atoms with van der Waals surface area (Å²) in [6.07, 6.45) is 3.00. The van der Waals surface area contributed by atoms with Crippen LogP contribution in [0.3, 0.4) is 0 Å². The highest BCUT2D eigenvalue weighted by molar-refractivity contribution is 7.16. The van der Waals surface area contributed by atoms with Crippen LogP contribution in [0.4, 0.5) is 5.82 Å². The average Bonchev–Trinajstić information content (AvgIpc) is 3.21. The van der Waals surface area contributed by atoms with Crippen molar-refractivity contribution >= 4 is 33.3 Å². The van der Waals surface area contributed by atoms with Gasteiger partial charge in [0.1, 0.15) is 17.0 Å². The van der Waals surface area contributed by atoms with Gasteiger partial charge in [-0.15, -0.1) is 11.3 Å². The second-order valence-corrected chi connectivity index (χ2v) is 9.55. The van der Waals surface area contributed by atoms with Gasteiger partial charge in [0, 0.05) is 32.6 Å². The molecule has 3 aromatic rings. The quantitative estimate of drug-likeness (QED) is 0.647. The predicted molar refractivity (Wildman–Crippen MR) is 120 cm³/mol. The van der Waals surface area contributed by atoms with Crippen molar-refractivity contribution in [1.82, 2.24) is 14.9 Å². The minimum atomic E-state index is 0.159. The molecule has 0 atom stereocenters. The van der Waals surface area contributed by atoms with E-state index < -0.39 is 0 Å². The summed E-state index contributed by atoms with van der Waals surface area (Å²) in [6.45, 7) is 9.78. The molecule has 1 amide bonds. The summed E-state index contributed by atoms with van der Waals surface area (Å²) in [6, 6.07) is 10.8. The Morgan fingerprint density at radius 2 is 1.76 bits per heavy atom. The van der Waals surface area contributed by atoms with Gasteiger partial charge in [-0.3, -0.25) is 4.79 Å². The van der Waals surface area contributed by atoms with Crippen molar-refractivity contribution in [3.63, 3.8) is 0 Å². The third kappa shape index (κ3) is 4.42. The highest BCUT2D eigenvalue weighted by Gasteiger charge is 2.23. The molecule has 0 N–H and O–H groups in total. The van der Waals surface area contributed by atoms with Crippen molar-refractivity contribution in [3.05, 3.63) is 53.2 Å². The average molecular weight is 409 g/mol. The number of anilines is 1. The maximum atomic E-state index is 12.7. The van der Waals surface area contributed by atoms with E-state index in [2.05, 4.69) is 71.4 Å². The molecule has 3 heterocycles. The zero-order chi connectivity index (χ0) is 20.4. The summed E-state index contributed by atoms with van der Waals surface area (Å²) >= 11 is 1.64. The fraction of sp³-hybridized carbons (Fsp3) is 0.435. The monoisotopic (exact) mass is 408 g/mol. The van der Waals surface area contributed by atoms with Crippen LogP contribution in [0.25, 0.3) is 10.2 Å². The Hall–Kier alpha value is -2.47. The van der Waals surface area contributed by atoms with Crippen molar-refractivity contribution in [3.8, 4) is 0 Å². The van der Waals surface area contributed by atoms with Crippen LogP contribution in [-0.2, 0) is 16.6 Å². The third-order valence-corrected chi connectivity index (χ3v) is 6.44. The van der Waals surface area contributed by atoms with Crippen LogP contribution in [0.5, 0.6) is 0 Å². The van der Waals surface area contributed by atoms with Gasteiger partial charge in [0.2, 0.25) is 5.91 Å². The lowest BCUT2D eigenvalue weighted by molar-refractivity contribution is -0.131. The first kappa shape index (κ1) is 19.8. The second kappa shape index (κ2) is 8.11. The topological polar surface area (TPSA) is 49.3 Å². The fourth-order valence-electron chi connectivity index (χ4n) is 3.78. The highest BCUT2D eigenvalue weighted by Crippen LogP contribution is 2.27. The minimum Gasteiger partial charge on any atom is -0.352 e. The zero-order valence-electron chi connectivity index (χ0n) is 17.4. The van der Waals surface area contributed by atoms with E-state index in [0.29, 0.717) is 6.42 Å². The number of carbonyl (C=O) groups is 1. The lowest BCUT2D eigenvalue weighted by Crippen LogP contribution is -2.49. The summed E-state index contributed by atoms with van der Waals surface area (Å²) in [5.41, 5.74) is 2.71. The van der Waals surface area contributed by atoms with Crippen molar-refractivity contribution < 1.29 is 4.79 Å². The Morgan fingerprint density at radius 1 is 1.03 bits per heavy atom. The molecule has 2 aromatic heterocycles. The van der Waals surface area contributed by atoms with Gasteiger partial charge < -0.3 is 9.80 Å². The van der Waals surface area contributed by atoms with Gasteiger partial charge in [0.05, 0.1) is 5.39 Å². The van der Waals surface area contributed by atoms with Gasteiger partial charge in [0.15, 0.2) is 0 Å². The lowest BCUT2D eigenvalue weighted by atomic mass is 9.86. The number of amides is 1. The molecular formula is C23H28N4OS. The number of nitrogens with zero attached hydrogens (tertiary/aromatic N) is 4. The molecule has 0 spiro atoms. The molecule has 0 saturated carbocycles. The summed E-state index contributed by atoms with van der Waals surface area (Å²) in [5.74, 6) is 1.23. The second-order valence-electron chi connectivity index (χ2n) is 8.65. The fourth-order valence-corrected chi connectivity index (χ4v) is 4.50. The van der Waals surface area contributed by atoms with E-state index in [4.69, 9.17) is 0 Å². The Kier molecular flexibility index (Phi) is 5.54. The van der Waals surface area contributed by atoms with Crippen LogP contribution in [0.2, 0.25) is 0 Å². The molecule has 1 fully saturated rings. The molecule has 1 aliphatic heterocycles. The number of hydrogen-bond acceptors (Lipinski definition) is 5. The number of rotatable bonds is 4. The maximum absolute atomic E-state index is 12.7. The van der Waals surface area contributed by atoms with Crippen LogP contribution >= 0.6 is 11.3 Å². The van der Waals surface area contributed by atoms with Crippen LogP contribution in [0, 0.1) is 0 Å². The number of hydrogen-bond donors (Lipinski definition) is 0. The zero-order valence-corrected chi connectivity index (χ0v) is 18.2. The summed E-state index contributed by atoms with van der Waals surface area (Å²) in [7, 11) is 0. The van der Waals surface area contributed by atoms with Crippen LogP contribution < -0.4 is 4.90 Å². The van der Waals surface area contributed by atoms with Gasteiger partial charge >= 0.3 is 0 Å². The molecule has 29 heavy (non-hydrogen) atoms. The molecule has 0 radical (unpaired) electrons. The Balaban J connectivity index is 1.31. The molecule has 0 aliphatic carbocycles. The van der Waals surface area contributed by atoms with Gasteiger partial charge in [-0.05, 0) is 34.4 Å². The van der Waals surface area contributed by atoms with E-state index in [9.17, 15) is 4.79 Å². The van der Waals surface area contributed by atoms with E-state index in [1.165, 1.54) is 11.1 Å². The predicted octanol–water partition coefficient (Wildman–Crippen LogP) is 4.27. The SMILES string of the molecule is CC(C)(C)c1ccc(CCC(=O)N2CCN(c3ncnc4sccc34)CC2)cc1. The molecular weight excluding hydrogens is 380 g/mol. The van der Waals surface area contributed by atoms with Crippen molar-refractivity contribution in [2.45, 2.75) is 39.0 Å². The van der Waals surface area contributed by atoms with Crippen LogP contribution in [0.1, 0.15) is 38.3 Å². The van der Waals surface area contributed by atoms with Crippen LogP contribution in [-0.4, -0.2) is 47.0 Å². The van der Waals surface area contributed by atoms with E-state index in [1.54, 1.807) is 17.7 Å². The third-order valence-electron chi connectivity index (χ3n) is 5.62. The van der Waals surface area contributed by atoms with E-state index in [1.807, 2.05) is 4.90 Å². The summed E-state index contributed by atoms with van der Waals surface area (Å²) in [4.78, 5) is 26.8. The number of fused-ring (bicyclic) bond motifs is 1. The van der Waals surface area contributed by atoms with Crippen molar-refractivity contribution in [2.24, 2.45) is 0 Å². The summed E-state index contributed by atoms with van der Waals surface area (Å²) in [5, 5.41) is 3.16. The number of carbonyl (C=O) groups excluding carboxylic acids is 1. The normalized spacial score (nSPS) is 15.1. The van der Waals surface area contributed by atoms with Gasteiger partial charge in [-0.25, -0.2) is 9.97 Å². The molecule has 1 aromatic carbocycles. The van der Waals surface area contributed by atoms with E-state index >= 15 is 0 Å². The number of benzene rings is 1. The molecule has 4 rings (SSSR count). The Bertz CT molecular complexity index is 982. The molecule has 0 bridgehead atoms. The molecule has 5 nitrogen and oxygen atoms in total. The first-order chi connectivity index (χ1) is 13.9. The smallest absolute Gasteiger partial charge is 0.223 e. The van der Waals surface area contributed by atoms with Gasteiger partial charge in [-0.1, -0.05) is 45.0 Å². The lowest BCUT2D eigenvalue weighted by Gasteiger charge is -2.35. The van der Waals surface area contributed by atoms with Crippen molar-refractivity contribution in [1.29, 1.82) is 0 Å². The largest absolute Gasteiger partial charge is 0.352 e. The van der Waals surface area contributed by atoms with Gasteiger partial charge in [0.25, 0.3) is 0 Å². The van der Waals surface area contributed by atoms with Gasteiger partial charge in [-0.2, -0.15) is 0 Å². The minimum absolute atomic E-state index is 0.159. The number of thiophene rings is 1. The Labute approximate surface area is 176 Å². The summed E-state index contributed by atoms with van der Waals surface area (Å²) < 4.78 is 0. The molecule has 6 heteroatoms. The van der Waals surface area contributed by atoms with E-state index in [-0.39, 0.29) is 11.3 Å². The molecule has 152 valence electrons. The first-order valence-electron chi connectivity index (χ1n) is 10.2. The first-order valence-corrected chi connectivity index (χ1v) is 11.1. The number of aryl methyl sites for hydroxylation is 1. The molecule has 1 saturated heterocycles.